The van der Waals surface area contributed by atoms with Crippen LogP contribution in [0.15, 0.2) is 30.5 Å². The number of rotatable bonds is 14. The number of hydrogen-bond acceptors (Lipinski definition) is 6. The van der Waals surface area contributed by atoms with E-state index >= 15 is 4.39 Å². The third-order valence-corrected chi connectivity index (χ3v) is 9.54. The lowest BCUT2D eigenvalue weighted by atomic mass is 9.88. The number of halogens is 3. The molecule has 2 aliphatic carbocycles. The van der Waals surface area contributed by atoms with E-state index in [0.717, 1.165) is 30.4 Å². The van der Waals surface area contributed by atoms with Gasteiger partial charge in [0.1, 0.15) is 30.1 Å². The zero-order valence-electron chi connectivity index (χ0n) is 27.1. The van der Waals surface area contributed by atoms with Gasteiger partial charge >= 0.3 is 0 Å². The standard InChI is InChI=1S/C33H44F3N7O4/c1-4-27(44)39-29(33(47)42-15-13-41(3)14-16-42)19(2)22-9-10-24(23(34)17-22)38-32(46)30(28(20-5-6-20)21-7-8-21)40-31(45)25-11-12-37-43(25)18-26(35)36/h9-12,17,19-21,26,28-30H,4-8,13-16,18H2,1-3H3,(H,38,46)(H,39,44)(H,40,45)/t19-,29+,30-/m0/s1. The first kappa shape index (κ1) is 34.4. The summed E-state index contributed by atoms with van der Waals surface area (Å²) < 4.78 is 42.7. The first-order valence-corrected chi connectivity index (χ1v) is 16.4. The number of nitrogens with zero attached hydrogens (tertiary/aromatic N) is 4. The Balaban J connectivity index is 1.33. The second-order valence-electron chi connectivity index (χ2n) is 13.0. The minimum atomic E-state index is -2.72. The Morgan fingerprint density at radius 1 is 0.957 bits per heavy atom. The fraction of sp³-hybridized carbons (Fsp3) is 0.606. The Kier molecular flexibility index (Phi) is 10.9. The van der Waals surface area contributed by atoms with E-state index < -0.39 is 48.6 Å². The van der Waals surface area contributed by atoms with Crippen molar-refractivity contribution < 1.29 is 32.3 Å². The SMILES string of the molecule is CCC(=O)N[C@@H](C(=O)N1CCN(C)CC1)[C@@H](C)c1ccc(NC(=O)[C@@H](NC(=O)c2ccnn2CC(F)F)C(C2CC2)C2CC2)c(F)c1. The fourth-order valence-corrected chi connectivity index (χ4v) is 6.46. The van der Waals surface area contributed by atoms with Crippen LogP contribution in [0.2, 0.25) is 0 Å². The maximum atomic E-state index is 15.7. The van der Waals surface area contributed by atoms with Gasteiger partial charge in [-0.05, 0) is 74.2 Å². The van der Waals surface area contributed by atoms with Crippen LogP contribution in [0.1, 0.15) is 67.9 Å². The third kappa shape index (κ3) is 8.51. The van der Waals surface area contributed by atoms with Crippen molar-refractivity contribution in [1.82, 2.24) is 30.2 Å². The molecule has 0 bridgehead atoms. The average Bonchev–Trinajstić information content (AvgIpc) is 3.99. The van der Waals surface area contributed by atoms with Gasteiger partial charge in [-0.1, -0.05) is 19.9 Å². The minimum Gasteiger partial charge on any atom is -0.344 e. The van der Waals surface area contributed by atoms with Gasteiger partial charge < -0.3 is 25.8 Å². The predicted octanol–water partition coefficient (Wildman–Crippen LogP) is 3.23. The number of alkyl halides is 2. The summed E-state index contributed by atoms with van der Waals surface area (Å²) in [5.74, 6) is -2.84. The van der Waals surface area contributed by atoms with Crippen LogP contribution in [-0.4, -0.2) is 94.9 Å². The van der Waals surface area contributed by atoms with E-state index in [9.17, 15) is 28.0 Å². The van der Waals surface area contributed by atoms with E-state index in [-0.39, 0.29) is 47.4 Å². The maximum absolute atomic E-state index is 15.7. The van der Waals surface area contributed by atoms with Crippen molar-refractivity contribution in [1.29, 1.82) is 0 Å². The van der Waals surface area contributed by atoms with Crippen molar-refractivity contribution in [2.75, 3.05) is 38.5 Å². The van der Waals surface area contributed by atoms with Crippen molar-refractivity contribution in [3.63, 3.8) is 0 Å². The van der Waals surface area contributed by atoms with E-state index in [1.54, 1.807) is 24.8 Å². The van der Waals surface area contributed by atoms with Crippen molar-refractivity contribution in [3.05, 3.63) is 47.5 Å². The number of likely N-dealkylation sites (N-methyl/N-ethyl adjacent to an activating group) is 1. The van der Waals surface area contributed by atoms with E-state index in [1.165, 1.54) is 24.4 Å². The van der Waals surface area contributed by atoms with Crippen molar-refractivity contribution in [2.24, 2.45) is 17.8 Å². The first-order valence-electron chi connectivity index (χ1n) is 16.4. The quantitative estimate of drug-likeness (QED) is 0.286. The van der Waals surface area contributed by atoms with Gasteiger partial charge in [0.25, 0.3) is 12.3 Å². The molecule has 0 radical (unpaired) electrons. The normalized spacial score (nSPS) is 18.9. The second kappa shape index (κ2) is 14.9. The molecule has 1 aromatic heterocycles. The molecule has 14 heteroatoms. The number of carbonyl (C=O) groups is 4. The molecule has 0 spiro atoms. The number of anilines is 1. The van der Waals surface area contributed by atoms with E-state index in [0.29, 0.717) is 31.7 Å². The number of nitrogens with one attached hydrogen (secondary N) is 3. The Morgan fingerprint density at radius 2 is 1.62 bits per heavy atom. The van der Waals surface area contributed by atoms with Crippen LogP contribution in [0.4, 0.5) is 18.9 Å². The van der Waals surface area contributed by atoms with Gasteiger partial charge in [-0.2, -0.15) is 5.10 Å². The lowest BCUT2D eigenvalue weighted by Crippen LogP contribution is -2.55. The van der Waals surface area contributed by atoms with Gasteiger partial charge in [0.15, 0.2) is 0 Å². The highest BCUT2D eigenvalue weighted by Crippen LogP contribution is 2.51. The summed E-state index contributed by atoms with van der Waals surface area (Å²) in [4.78, 5) is 56.8. The number of piperazine rings is 1. The highest BCUT2D eigenvalue weighted by Gasteiger charge is 2.48. The summed E-state index contributed by atoms with van der Waals surface area (Å²) in [6.07, 6.45) is 2.36. The topological polar surface area (TPSA) is 129 Å². The molecule has 0 unspecified atom stereocenters. The summed E-state index contributed by atoms with van der Waals surface area (Å²) in [7, 11) is 1.98. The summed E-state index contributed by atoms with van der Waals surface area (Å²) >= 11 is 0. The Labute approximate surface area is 272 Å². The molecule has 3 fully saturated rings. The van der Waals surface area contributed by atoms with Gasteiger partial charge in [-0.3, -0.25) is 23.9 Å². The van der Waals surface area contributed by atoms with Gasteiger partial charge in [0, 0.05) is 44.7 Å². The Hall–Kier alpha value is -3.94. The zero-order chi connectivity index (χ0) is 33.8. The largest absolute Gasteiger partial charge is 0.344 e. The van der Waals surface area contributed by atoms with Crippen LogP contribution in [0.5, 0.6) is 0 Å². The van der Waals surface area contributed by atoms with Crippen LogP contribution in [-0.2, 0) is 20.9 Å². The molecule has 2 aromatic rings. The number of benzene rings is 1. The molecule has 1 aromatic carbocycles. The average molecular weight is 660 g/mol. The zero-order valence-corrected chi connectivity index (χ0v) is 27.1. The van der Waals surface area contributed by atoms with E-state index in [1.807, 2.05) is 7.05 Å². The van der Waals surface area contributed by atoms with Gasteiger partial charge in [-0.25, -0.2) is 13.2 Å². The van der Waals surface area contributed by atoms with Gasteiger partial charge in [-0.15, -0.1) is 0 Å². The smallest absolute Gasteiger partial charge is 0.270 e. The monoisotopic (exact) mass is 659 g/mol. The molecule has 11 nitrogen and oxygen atoms in total. The number of carbonyl (C=O) groups excluding carboxylic acids is 4. The van der Waals surface area contributed by atoms with Gasteiger partial charge in [0.05, 0.1) is 5.69 Å². The molecule has 1 aliphatic heterocycles. The van der Waals surface area contributed by atoms with Crippen LogP contribution in [0, 0.1) is 23.6 Å². The Morgan fingerprint density at radius 3 is 2.19 bits per heavy atom. The molecule has 3 N–H and O–H groups in total. The summed E-state index contributed by atoms with van der Waals surface area (Å²) in [6.45, 7) is 5.15. The van der Waals surface area contributed by atoms with E-state index in [2.05, 4.69) is 25.9 Å². The molecule has 5 rings (SSSR count). The maximum Gasteiger partial charge on any atom is 0.270 e. The summed E-state index contributed by atoms with van der Waals surface area (Å²) in [5, 5.41) is 12.1. The number of amides is 4. The predicted molar refractivity (Wildman–Crippen MR) is 168 cm³/mol. The van der Waals surface area contributed by atoms with Crippen molar-refractivity contribution in [3.8, 4) is 0 Å². The fourth-order valence-electron chi connectivity index (χ4n) is 6.46. The van der Waals surface area contributed by atoms with Crippen LogP contribution in [0.25, 0.3) is 0 Å². The van der Waals surface area contributed by atoms with Crippen LogP contribution >= 0.6 is 0 Å². The number of aromatic nitrogens is 2. The van der Waals surface area contributed by atoms with Crippen LogP contribution in [0.3, 0.4) is 0 Å². The molecular formula is C33H44F3N7O4. The summed E-state index contributed by atoms with van der Waals surface area (Å²) in [6, 6.07) is 3.68. The molecule has 2 saturated carbocycles. The second-order valence-corrected chi connectivity index (χ2v) is 13.0. The van der Waals surface area contributed by atoms with Gasteiger partial charge in [0.2, 0.25) is 17.7 Å². The molecule has 3 aliphatic rings. The highest BCUT2D eigenvalue weighted by molar-refractivity contribution is 6.01. The molecule has 256 valence electrons. The van der Waals surface area contributed by atoms with Crippen molar-refractivity contribution in [2.45, 2.75) is 76.9 Å². The molecule has 3 atom stereocenters. The molecule has 2 heterocycles. The highest BCUT2D eigenvalue weighted by atomic mass is 19.3. The first-order chi connectivity index (χ1) is 22.5. The van der Waals surface area contributed by atoms with E-state index in [4.69, 9.17) is 0 Å². The third-order valence-electron chi connectivity index (χ3n) is 9.54. The molecular weight excluding hydrogens is 615 g/mol. The molecule has 1 saturated heterocycles. The molecule has 47 heavy (non-hydrogen) atoms. The lowest BCUT2D eigenvalue weighted by Gasteiger charge is -2.36. The lowest BCUT2D eigenvalue weighted by molar-refractivity contribution is -0.138. The Bertz CT molecular complexity index is 1440. The number of hydrogen-bond donors (Lipinski definition) is 3. The summed E-state index contributed by atoms with van der Waals surface area (Å²) in [5.41, 5.74) is 0.280. The van der Waals surface area contributed by atoms with Crippen LogP contribution < -0.4 is 16.0 Å². The molecule has 4 amide bonds. The van der Waals surface area contributed by atoms with Crippen molar-refractivity contribution >= 4 is 29.3 Å². The minimum absolute atomic E-state index is 0.0891.